The number of nitrogens with zero attached hydrogens (tertiary/aromatic N) is 2. The Morgan fingerprint density at radius 3 is 2.58 bits per heavy atom. The lowest BCUT2D eigenvalue weighted by molar-refractivity contribution is 0.0931. The number of halogens is 2. The van der Waals surface area contributed by atoms with Crippen molar-refractivity contribution in [2.75, 3.05) is 18.2 Å². The standard InChI is InChI=1S/C24H21F2N3O4/c1-13-19(22(30)27-21(14-8-9-14)15-4-2-5-16(25)12-15)17-6-3-7-18(26)20(17)23(31)29(13)28-10-11-33-24(28)32/h2-7,12,14,21H,8-11H2,1H3,(H,27,30)/t21-/m0/s1. The van der Waals surface area contributed by atoms with Crippen LogP contribution >= 0.6 is 0 Å². The number of carbonyl (C=O) groups excluding carboxylic acids is 2. The largest absolute Gasteiger partial charge is 0.446 e. The third-order valence-electron chi connectivity index (χ3n) is 6.16. The van der Waals surface area contributed by atoms with Crippen LogP contribution in [0, 0.1) is 24.5 Å². The molecule has 170 valence electrons. The summed E-state index contributed by atoms with van der Waals surface area (Å²) in [7, 11) is 0. The molecule has 0 radical (unpaired) electrons. The summed E-state index contributed by atoms with van der Waals surface area (Å²) < 4.78 is 34.6. The maximum atomic E-state index is 14.8. The van der Waals surface area contributed by atoms with Gasteiger partial charge in [0.1, 0.15) is 18.2 Å². The number of hydrogen-bond donors (Lipinski definition) is 1. The van der Waals surface area contributed by atoms with E-state index in [1.807, 2.05) is 0 Å². The normalized spacial score (nSPS) is 16.7. The van der Waals surface area contributed by atoms with E-state index < -0.39 is 35.2 Å². The fourth-order valence-electron chi connectivity index (χ4n) is 4.47. The third-order valence-corrected chi connectivity index (χ3v) is 6.16. The Balaban J connectivity index is 1.65. The van der Waals surface area contributed by atoms with Crippen LogP contribution in [0.1, 0.15) is 40.5 Å². The quantitative estimate of drug-likeness (QED) is 0.641. The average molecular weight is 453 g/mol. The lowest BCUT2D eigenvalue weighted by Crippen LogP contribution is -2.45. The molecule has 0 unspecified atom stereocenters. The number of nitrogens with one attached hydrogen (secondary N) is 1. The first kappa shape index (κ1) is 21.1. The molecule has 1 aliphatic carbocycles. The second kappa shape index (κ2) is 7.99. The second-order valence-corrected chi connectivity index (χ2v) is 8.32. The molecule has 1 saturated heterocycles. The van der Waals surface area contributed by atoms with Crippen LogP contribution in [0.25, 0.3) is 10.8 Å². The van der Waals surface area contributed by atoms with Crippen molar-refractivity contribution in [1.29, 1.82) is 0 Å². The Morgan fingerprint density at radius 1 is 1.15 bits per heavy atom. The minimum absolute atomic E-state index is 0.0743. The molecule has 1 aromatic heterocycles. The van der Waals surface area contributed by atoms with Crippen molar-refractivity contribution >= 4 is 22.8 Å². The average Bonchev–Trinajstić information content (AvgIpc) is 3.53. The molecule has 2 amide bonds. The number of fused-ring (bicyclic) bond motifs is 1. The van der Waals surface area contributed by atoms with Crippen molar-refractivity contribution in [2.45, 2.75) is 25.8 Å². The monoisotopic (exact) mass is 453 g/mol. The SMILES string of the molecule is Cc1c(C(=O)N[C@H](c2cccc(F)c2)C2CC2)c2cccc(F)c2c(=O)n1N1CCOC1=O. The molecule has 7 nitrogen and oxygen atoms in total. The fourth-order valence-corrected chi connectivity index (χ4v) is 4.47. The zero-order valence-corrected chi connectivity index (χ0v) is 17.8. The van der Waals surface area contributed by atoms with Crippen LogP contribution in [0.3, 0.4) is 0 Å². The van der Waals surface area contributed by atoms with Crippen LogP contribution in [0.5, 0.6) is 0 Å². The van der Waals surface area contributed by atoms with E-state index in [0.717, 1.165) is 28.6 Å². The molecule has 9 heteroatoms. The highest BCUT2D eigenvalue weighted by atomic mass is 19.1. The number of benzene rings is 2. The van der Waals surface area contributed by atoms with Crippen LogP contribution in [0.4, 0.5) is 13.6 Å². The smallest absolute Gasteiger partial charge is 0.429 e. The lowest BCUT2D eigenvalue weighted by Gasteiger charge is -2.24. The van der Waals surface area contributed by atoms with Gasteiger partial charge in [0.25, 0.3) is 11.5 Å². The fraction of sp³-hybridized carbons (Fsp3) is 0.292. The van der Waals surface area contributed by atoms with Crippen molar-refractivity contribution < 1.29 is 23.1 Å². The summed E-state index contributed by atoms with van der Waals surface area (Å²) >= 11 is 0. The van der Waals surface area contributed by atoms with Crippen molar-refractivity contribution in [2.24, 2.45) is 5.92 Å². The number of pyridine rings is 1. The summed E-state index contributed by atoms with van der Waals surface area (Å²) in [6.45, 7) is 1.69. The van der Waals surface area contributed by atoms with Gasteiger partial charge in [-0.1, -0.05) is 24.3 Å². The number of rotatable bonds is 5. The number of hydrogen-bond acceptors (Lipinski definition) is 4. The maximum Gasteiger partial charge on any atom is 0.429 e. The number of carbonyl (C=O) groups is 2. The van der Waals surface area contributed by atoms with Crippen LogP contribution < -0.4 is 15.9 Å². The predicted molar refractivity (Wildman–Crippen MR) is 117 cm³/mol. The predicted octanol–water partition coefficient (Wildman–Crippen LogP) is 3.56. The van der Waals surface area contributed by atoms with Gasteiger partial charge in [-0.15, -0.1) is 0 Å². The Kier molecular flexibility index (Phi) is 5.11. The first-order valence-electron chi connectivity index (χ1n) is 10.7. The van der Waals surface area contributed by atoms with Crippen molar-refractivity contribution in [3.05, 3.63) is 81.3 Å². The molecule has 33 heavy (non-hydrogen) atoms. The minimum Gasteiger partial charge on any atom is -0.446 e. The van der Waals surface area contributed by atoms with Gasteiger partial charge >= 0.3 is 6.09 Å². The van der Waals surface area contributed by atoms with Crippen molar-refractivity contribution in [3.8, 4) is 0 Å². The minimum atomic E-state index is -0.795. The van der Waals surface area contributed by atoms with E-state index in [4.69, 9.17) is 4.74 Å². The van der Waals surface area contributed by atoms with E-state index in [1.165, 1.54) is 31.2 Å². The van der Waals surface area contributed by atoms with Gasteiger partial charge in [-0.2, -0.15) is 0 Å². The van der Waals surface area contributed by atoms with Crippen LogP contribution in [0.2, 0.25) is 0 Å². The van der Waals surface area contributed by atoms with Crippen LogP contribution in [-0.2, 0) is 4.74 Å². The van der Waals surface area contributed by atoms with Gasteiger partial charge in [0.2, 0.25) is 0 Å². The molecule has 2 aromatic carbocycles. The molecule has 1 atom stereocenters. The van der Waals surface area contributed by atoms with E-state index in [0.29, 0.717) is 5.56 Å². The highest BCUT2D eigenvalue weighted by Gasteiger charge is 2.35. The zero-order valence-electron chi connectivity index (χ0n) is 17.8. The van der Waals surface area contributed by atoms with Crippen molar-refractivity contribution in [1.82, 2.24) is 9.99 Å². The number of cyclic esters (lactones) is 1. The number of amides is 2. The molecule has 2 fully saturated rings. The summed E-state index contributed by atoms with van der Waals surface area (Å²) in [5.41, 5.74) is 0.143. The van der Waals surface area contributed by atoms with E-state index in [-0.39, 0.29) is 41.1 Å². The van der Waals surface area contributed by atoms with Gasteiger partial charge in [0, 0.05) is 5.39 Å². The summed E-state index contributed by atoms with van der Waals surface area (Å²) in [6, 6.07) is 9.67. The molecule has 2 aliphatic rings. The van der Waals surface area contributed by atoms with Crippen LogP contribution in [-0.4, -0.2) is 29.8 Å². The topological polar surface area (TPSA) is 80.6 Å². The summed E-state index contributed by atoms with van der Waals surface area (Å²) in [5, 5.41) is 3.88. The van der Waals surface area contributed by atoms with Crippen molar-refractivity contribution in [3.63, 3.8) is 0 Å². The molecule has 2 heterocycles. The Bertz CT molecular complexity index is 1350. The lowest BCUT2D eigenvalue weighted by atomic mass is 9.99. The van der Waals surface area contributed by atoms with Gasteiger partial charge < -0.3 is 10.1 Å². The molecular formula is C24H21F2N3O4. The Morgan fingerprint density at radius 2 is 1.91 bits per heavy atom. The molecule has 0 spiro atoms. The van der Waals surface area contributed by atoms with Gasteiger partial charge in [0.15, 0.2) is 0 Å². The van der Waals surface area contributed by atoms with Gasteiger partial charge in [0.05, 0.1) is 29.2 Å². The van der Waals surface area contributed by atoms with Gasteiger partial charge in [-0.25, -0.2) is 23.3 Å². The zero-order chi connectivity index (χ0) is 23.3. The summed E-state index contributed by atoms with van der Waals surface area (Å²) in [5.74, 6) is -1.59. The van der Waals surface area contributed by atoms with E-state index in [9.17, 15) is 23.2 Å². The van der Waals surface area contributed by atoms with E-state index in [1.54, 1.807) is 12.1 Å². The molecule has 1 aliphatic heterocycles. The highest BCUT2D eigenvalue weighted by molar-refractivity contribution is 6.08. The second-order valence-electron chi connectivity index (χ2n) is 8.32. The Hall–Kier alpha value is -3.75. The number of aromatic nitrogens is 1. The van der Waals surface area contributed by atoms with Gasteiger partial charge in [-0.05, 0) is 49.4 Å². The van der Waals surface area contributed by atoms with E-state index >= 15 is 0 Å². The first-order chi connectivity index (χ1) is 15.9. The molecule has 1 N–H and O–H groups in total. The first-order valence-corrected chi connectivity index (χ1v) is 10.7. The highest BCUT2D eigenvalue weighted by Crippen LogP contribution is 2.41. The van der Waals surface area contributed by atoms with Crippen LogP contribution in [0.15, 0.2) is 47.3 Å². The van der Waals surface area contributed by atoms with E-state index in [2.05, 4.69) is 5.32 Å². The van der Waals surface area contributed by atoms with Gasteiger partial charge in [-0.3, -0.25) is 9.59 Å². The molecule has 1 saturated carbocycles. The molecular weight excluding hydrogens is 432 g/mol. The Labute approximate surface area is 187 Å². The summed E-state index contributed by atoms with van der Waals surface area (Å²) in [6.07, 6.45) is 1.02. The summed E-state index contributed by atoms with van der Waals surface area (Å²) in [4.78, 5) is 38.9. The molecule has 0 bridgehead atoms. The maximum absolute atomic E-state index is 14.8. The number of ether oxygens (including phenoxy) is 1. The molecule has 3 aromatic rings. The molecule has 5 rings (SSSR count). The third kappa shape index (κ3) is 3.63.